The van der Waals surface area contributed by atoms with Crippen LogP contribution in [0.25, 0.3) is 16.8 Å². The Kier molecular flexibility index (Phi) is 2.77. The molecule has 0 saturated carbocycles. The summed E-state index contributed by atoms with van der Waals surface area (Å²) in [4.78, 5) is 7.33. The van der Waals surface area contributed by atoms with E-state index in [1.807, 2.05) is 19.2 Å². The maximum Gasteiger partial charge on any atom is 0.138 e. The summed E-state index contributed by atoms with van der Waals surface area (Å²) >= 11 is 3.39. The first kappa shape index (κ1) is 10.2. The molecule has 0 amide bonds. The highest BCUT2D eigenvalue weighted by Crippen LogP contribution is 2.25. The van der Waals surface area contributed by atoms with Gasteiger partial charge in [0, 0.05) is 27.8 Å². The van der Waals surface area contributed by atoms with Crippen molar-refractivity contribution >= 4 is 32.7 Å². The summed E-state index contributed by atoms with van der Waals surface area (Å²) in [6.07, 6.45) is 3.62. The Labute approximate surface area is 96.3 Å². The Balaban J connectivity index is 2.52. The lowest BCUT2D eigenvalue weighted by Gasteiger charge is -2.04. The summed E-state index contributed by atoms with van der Waals surface area (Å²) in [7, 11) is 0. The van der Waals surface area contributed by atoms with Crippen LogP contribution in [0, 0.1) is 0 Å². The molecule has 0 aromatic carbocycles. The minimum atomic E-state index is 0.618. The molecule has 15 heavy (non-hydrogen) atoms. The summed E-state index contributed by atoms with van der Waals surface area (Å²) < 4.78 is 6.32. The standard InChI is InChI=1S/C11H11BrN2O/c1-3-15-7(2)10-6-14-11-9(10)4-8(12)5-13-11/h4-6H,2-3H2,1H3,(H,13,14). The number of nitrogens with zero attached hydrogens (tertiary/aromatic N) is 1. The van der Waals surface area contributed by atoms with Crippen LogP contribution in [-0.2, 0) is 4.74 Å². The van der Waals surface area contributed by atoms with Crippen molar-refractivity contribution in [2.45, 2.75) is 6.92 Å². The fraction of sp³-hybridized carbons (Fsp3) is 0.182. The van der Waals surface area contributed by atoms with Crippen LogP contribution in [0.15, 0.2) is 29.5 Å². The Bertz CT molecular complexity index is 504. The second-order valence-corrected chi connectivity index (χ2v) is 4.02. The van der Waals surface area contributed by atoms with Crippen molar-refractivity contribution in [2.75, 3.05) is 6.61 Å². The number of rotatable bonds is 3. The Morgan fingerprint density at radius 2 is 2.47 bits per heavy atom. The Morgan fingerprint density at radius 3 is 3.20 bits per heavy atom. The summed E-state index contributed by atoms with van der Waals surface area (Å²) in [5.74, 6) is 0.670. The Morgan fingerprint density at radius 1 is 1.67 bits per heavy atom. The van der Waals surface area contributed by atoms with Crippen LogP contribution >= 0.6 is 15.9 Å². The van der Waals surface area contributed by atoms with E-state index >= 15 is 0 Å². The van der Waals surface area contributed by atoms with Crippen LogP contribution in [0.1, 0.15) is 12.5 Å². The van der Waals surface area contributed by atoms with E-state index in [9.17, 15) is 0 Å². The molecular formula is C11H11BrN2O. The van der Waals surface area contributed by atoms with Gasteiger partial charge < -0.3 is 9.72 Å². The van der Waals surface area contributed by atoms with Crippen LogP contribution < -0.4 is 0 Å². The largest absolute Gasteiger partial charge is 0.494 e. The number of aromatic nitrogens is 2. The van der Waals surface area contributed by atoms with Crippen molar-refractivity contribution in [2.24, 2.45) is 0 Å². The number of H-pyrrole nitrogens is 1. The fourth-order valence-electron chi connectivity index (χ4n) is 1.46. The predicted octanol–water partition coefficient (Wildman–Crippen LogP) is 3.33. The van der Waals surface area contributed by atoms with Gasteiger partial charge in [-0.15, -0.1) is 0 Å². The molecule has 2 aromatic rings. The molecule has 2 rings (SSSR count). The van der Waals surface area contributed by atoms with Crippen molar-refractivity contribution < 1.29 is 4.74 Å². The van der Waals surface area contributed by atoms with Gasteiger partial charge in [0.15, 0.2) is 0 Å². The van der Waals surface area contributed by atoms with Crippen LogP contribution in [0.5, 0.6) is 0 Å². The van der Waals surface area contributed by atoms with Crippen molar-refractivity contribution in [3.05, 3.63) is 35.1 Å². The highest BCUT2D eigenvalue weighted by Gasteiger charge is 2.08. The molecule has 0 radical (unpaired) electrons. The van der Waals surface area contributed by atoms with E-state index < -0.39 is 0 Å². The summed E-state index contributed by atoms with van der Waals surface area (Å²) in [5, 5.41) is 1.02. The first-order chi connectivity index (χ1) is 7.22. The number of hydrogen-bond acceptors (Lipinski definition) is 2. The first-order valence-corrected chi connectivity index (χ1v) is 5.46. The van der Waals surface area contributed by atoms with E-state index in [-0.39, 0.29) is 0 Å². The molecule has 1 N–H and O–H groups in total. The van der Waals surface area contributed by atoms with E-state index in [4.69, 9.17) is 4.74 Å². The number of aromatic amines is 1. The van der Waals surface area contributed by atoms with E-state index in [1.54, 1.807) is 6.20 Å². The van der Waals surface area contributed by atoms with E-state index in [2.05, 4.69) is 32.5 Å². The lowest BCUT2D eigenvalue weighted by molar-refractivity contribution is 0.299. The molecule has 0 unspecified atom stereocenters. The summed E-state index contributed by atoms with van der Waals surface area (Å²) in [5.41, 5.74) is 1.80. The zero-order valence-corrected chi connectivity index (χ0v) is 9.97. The van der Waals surface area contributed by atoms with Crippen LogP contribution in [-0.4, -0.2) is 16.6 Å². The molecule has 0 aliphatic carbocycles. The van der Waals surface area contributed by atoms with Crippen LogP contribution in [0.2, 0.25) is 0 Å². The van der Waals surface area contributed by atoms with Crippen molar-refractivity contribution in [3.63, 3.8) is 0 Å². The minimum Gasteiger partial charge on any atom is -0.494 e. The molecule has 2 heterocycles. The minimum absolute atomic E-state index is 0.618. The van der Waals surface area contributed by atoms with Gasteiger partial charge in [0.05, 0.1) is 6.61 Å². The fourth-order valence-corrected chi connectivity index (χ4v) is 1.79. The van der Waals surface area contributed by atoms with E-state index in [0.717, 1.165) is 21.1 Å². The van der Waals surface area contributed by atoms with Crippen molar-refractivity contribution in [1.29, 1.82) is 0 Å². The van der Waals surface area contributed by atoms with Crippen molar-refractivity contribution in [3.8, 4) is 0 Å². The number of fused-ring (bicyclic) bond motifs is 1. The quantitative estimate of drug-likeness (QED) is 0.866. The number of ether oxygens (including phenoxy) is 1. The molecule has 4 heteroatoms. The van der Waals surface area contributed by atoms with Gasteiger partial charge in [0.25, 0.3) is 0 Å². The molecule has 3 nitrogen and oxygen atoms in total. The van der Waals surface area contributed by atoms with Gasteiger partial charge in [-0.05, 0) is 28.9 Å². The second-order valence-electron chi connectivity index (χ2n) is 3.11. The van der Waals surface area contributed by atoms with Crippen molar-refractivity contribution in [1.82, 2.24) is 9.97 Å². The maximum absolute atomic E-state index is 5.38. The monoisotopic (exact) mass is 266 g/mol. The zero-order valence-electron chi connectivity index (χ0n) is 8.38. The molecule has 0 aliphatic rings. The van der Waals surface area contributed by atoms with E-state index in [1.165, 1.54) is 0 Å². The second kappa shape index (κ2) is 4.06. The zero-order chi connectivity index (χ0) is 10.8. The number of halogens is 1. The average Bonchev–Trinajstić information content (AvgIpc) is 2.60. The molecule has 78 valence electrons. The Hall–Kier alpha value is -1.29. The van der Waals surface area contributed by atoms with Crippen LogP contribution in [0.4, 0.5) is 0 Å². The van der Waals surface area contributed by atoms with Gasteiger partial charge in [-0.25, -0.2) is 4.98 Å². The molecule has 0 fully saturated rings. The molecule has 2 aromatic heterocycles. The van der Waals surface area contributed by atoms with Gasteiger partial charge in [0.2, 0.25) is 0 Å². The highest BCUT2D eigenvalue weighted by molar-refractivity contribution is 9.10. The third kappa shape index (κ3) is 1.90. The lowest BCUT2D eigenvalue weighted by Crippen LogP contribution is -1.88. The molecule has 0 bridgehead atoms. The molecule has 0 spiro atoms. The third-order valence-electron chi connectivity index (χ3n) is 2.12. The first-order valence-electron chi connectivity index (χ1n) is 4.67. The normalized spacial score (nSPS) is 10.5. The van der Waals surface area contributed by atoms with Gasteiger partial charge in [0.1, 0.15) is 11.4 Å². The third-order valence-corrected chi connectivity index (χ3v) is 2.55. The molecule has 0 aliphatic heterocycles. The molecule has 0 atom stereocenters. The number of hydrogen-bond donors (Lipinski definition) is 1. The molecular weight excluding hydrogens is 256 g/mol. The topological polar surface area (TPSA) is 37.9 Å². The predicted molar refractivity (Wildman–Crippen MR) is 64.5 cm³/mol. The summed E-state index contributed by atoms with van der Waals surface area (Å²) in [6, 6.07) is 2.00. The average molecular weight is 267 g/mol. The van der Waals surface area contributed by atoms with Gasteiger partial charge >= 0.3 is 0 Å². The van der Waals surface area contributed by atoms with Gasteiger partial charge in [-0.3, -0.25) is 0 Å². The maximum atomic E-state index is 5.38. The SMILES string of the molecule is C=C(OCC)c1c[nH]c2ncc(Br)cc12. The van der Waals surface area contributed by atoms with Gasteiger partial charge in [-0.1, -0.05) is 6.58 Å². The molecule has 0 saturated heterocycles. The highest BCUT2D eigenvalue weighted by atomic mass is 79.9. The number of nitrogens with one attached hydrogen (secondary N) is 1. The summed E-state index contributed by atoms with van der Waals surface area (Å²) in [6.45, 7) is 6.44. The van der Waals surface area contributed by atoms with E-state index in [0.29, 0.717) is 12.4 Å². The smallest absolute Gasteiger partial charge is 0.138 e. The number of pyridine rings is 1. The van der Waals surface area contributed by atoms with Gasteiger partial charge in [-0.2, -0.15) is 0 Å². The lowest BCUT2D eigenvalue weighted by atomic mass is 10.2. The van der Waals surface area contributed by atoms with Crippen LogP contribution in [0.3, 0.4) is 0 Å².